The molecule has 0 atom stereocenters. The summed E-state index contributed by atoms with van der Waals surface area (Å²) >= 11 is 0. The first-order valence-corrected chi connectivity index (χ1v) is 8.12. The molecule has 4 heteroatoms. The monoisotopic (exact) mass is 304 g/mol. The van der Waals surface area contributed by atoms with Gasteiger partial charge in [0.1, 0.15) is 5.60 Å². The highest BCUT2D eigenvalue weighted by Gasteiger charge is 2.24. The van der Waals surface area contributed by atoms with Crippen molar-refractivity contribution in [2.75, 3.05) is 20.1 Å². The summed E-state index contributed by atoms with van der Waals surface area (Å²) in [6, 6.07) is 6.67. The van der Waals surface area contributed by atoms with Crippen molar-refractivity contribution >= 4 is 6.09 Å². The van der Waals surface area contributed by atoms with Crippen molar-refractivity contribution in [1.29, 1.82) is 0 Å². The Hall–Kier alpha value is -1.55. The molecule has 1 aliphatic heterocycles. The maximum Gasteiger partial charge on any atom is 0.410 e. The molecule has 0 saturated carbocycles. The van der Waals surface area contributed by atoms with E-state index >= 15 is 0 Å². The van der Waals surface area contributed by atoms with Gasteiger partial charge in [0.25, 0.3) is 0 Å². The SMILES string of the molecule is CNCCc1ccc2c(c1)CN(C(=O)OC(C)(C)C)CCC2. The maximum atomic E-state index is 12.3. The molecule has 0 bridgehead atoms. The standard InChI is InChI=1S/C18H28N2O2/c1-18(2,3)22-17(21)20-11-5-6-15-8-7-14(9-10-19-4)12-16(15)13-20/h7-8,12,19H,5-6,9-11,13H2,1-4H3. The molecule has 2 rings (SSSR count). The lowest BCUT2D eigenvalue weighted by molar-refractivity contribution is 0.0237. The van der Waals surface area contributed by atoms with Crippen molar-refractivity contribution in [2.24, 2.45) is 0 Å². The number of hydrogen-bond acceptors (Lipinski definition) is 3. The van der Waals surface area contributed by atoms with Crippen molar-refractivity contribution < 1.29 is 9.53 Å². The number of ether oxygens (including phenoxy) is 1. The highest BCUT2D eigenvalue weighted by molar-refractivity contribution is 5.68. The van der Waals surface area contributed by atoms with Gasteiger partial charge in [-0.05, 0) is 70.3 Å². The average molecular weight is 304 g/mol. The van der Waals surface area contributed by atoms with Gasteiger partial charge >= 0.3 is 6.09 Å². The Morgan fingerprint density at radius 3 is 2.77 bits per heavy atom. The van der Waals surface area contributed by atoms with E-state index in [4.69, 9.17) is 4.74 Å². The van der Waals surface area contributed by atoms with Gasteiger partial charge in [-0.15, -0.1) is 0 Å². The average Bonchev–Trinajstić information content (AvgIpc) is 2.65. The summed E-state index contributed by atoms with van der Waals surface area (Å²) in [5, 5.41) is 3.18. The van der Waals surface area contributed by atoms with Gasteiger partial charge in [-0.2, -0.15) is 0 Å². The van der Waals surface area contributed by atoms with Gasteiger partial charge in [0, 0.05) is 13.1 Å². The zero-order valence-corrected chi connectivity index (χ0v) is 14.2. The zero-order valence-electron chi connectivity index (χ0n) is 14.2. The lowest BCUT2D eigenvalue weighted by Crippen LogP contribution is -2.36. The molecule has 1 amide bonds. The molecular formula is C18H28N2O2. The second-order valence-electron chi connectivity index (χ2n) is 6.96. The number of rotatable bonds is 3. The molecule has 4 nitrogen and oxygen atoms in total. The van der Waals surface area contributed by atoms with Gasteiger partial charge in [0.2, 0.25) is 0 Å². The Morgan fingerprint density at radius 2 is 2.09 bits per heavy atom. The Balaban J connectivity index is 2.12. The molecule has 122 valence electrons. The molecule has 0 aromatic heterocycles. The lowest BCUT2D eigenvalue weighted by atomic mass is 10.00. The number of benzene rings is 1. The number of nitrogens with zero attached hydrogens (tertiary/aromatic N) is 1. The number of aryl methyl sites for hydroxylation is 1. The number of fused-ring (bicyclic) bond motifs is 1. The minimum atomic E-state index is -0.444. The predicted octanol–water partition coefficient (Wildman–Crippen LogP) is 3.13. The fraction of sp³-hybridized carbons (Fsp3) is 0.611. The first-order chi connectivity index (χ1) is 10.4. The van der Waals surface area contributed by atoms with E-state index in [0.717, 1.165) is 32.4 Å². The van der Waals surface area contributed by atoms with Crippen LogP contribution < -0.4 is 5.32 Å². The largest absolute Gasteiger partial charge is 0.444 e. The highest BCUT2D eigenvalue weighted by atomic mass is 16.6. The first-order valence-electron chi connectivity index (χ1n) is 8.12. The highest BCUT2D eigenvalue weighted by Crippen LogP contribution is 2.22. The van der Waals surface area contributed by atoms with Crippen molar-refractivity contribution in [3.63, 3.8) is 0 Å². The molecule has 0 aliphatic carbocycles. The number of carbonyl (C=O) groups is 1. The third-order valence-corrected chi connectivity index (χ3v) is 3.82. The molecule has 0 unspecified atom stereocenters. The lowest BCUT2D eigenvalue weighted by Gasteiger charge is -2.26. The molecule has 0 spiro atoms. The Kier molecular flexibility index (Phi) is 5.46. The van der Waals surface area contributed by atoms with Crippen LogP contribution in [0.3, 0.4) is 0 Å². The van der Waals surface area contributed by atoms with E-state index in [1.54, 1.807) is 0 Å². The van der Waals surface area contributed by atoms with E-state index in [-0.39, 0.29) is 6.09 Å². The number of nitrogens with one attached hydrogen (secondary N) is 1. The van der Waals surface area contributed by atoms with Gasteiger partial charge in [-0.3, -0.25) is 0 Å². The first kappa shape index (κ1) is 16.8. The van der Waals surface area contributed by atoms with Crippen molar-refractivity contribution in [1.82, 2.24) is 10.2 Å². The van der Waals surface area contributed by atoms with Crippen LogP contribution in [0.25, 0.3) is 0 Å². The van der Waals surface area contributed by atoms with Gasteiger partial charge < -0.3 is 15.0 Å². The van der Waals surface area contributed by atoms with Crippen molar-refractivity contribution in [2.45, 2.75) is 52.2 Å². The molecular weight excluding hydrogens is 276 g/mol. The van der Waals surface area contributed by atoms with Crippen LogP contribution in [-0.4, -0.2) is 36.7 Å². The minimum Gasteiger partial charge on any atom is -0.444 e. The van der Waals surface area contributed by atoms with Crippen LogP contribution in [0, 0.1) is 0 Å². The molecule has 1 N–H and O–H groups in total. The summed E-state index contributed by atoms with van der Waals surface area (Å²) in [5.74, 6) is 0. The number of amides is 1. The molecule has 0 saturated heterocycles. The maximum absolute atomic E-state index is 12.3. The zero-order chi connectivity index (χ0) is 16.2. The van der Waals surface area contributed by atoms with Crippen molar-refractivity contribution in [3.8, 4) is 0 Å². The van der Waals surface area contributed by atoms with E-state index in [0.29, 0.717) is 6.54 Å². The second kappa shape index (κ2) is 7.14. The van der Waals surface area contributed by atoms with E-state index < -0.39 is 5.60 Å². The van der Waals surface area contributed by atoms with E-state index in [9.17, 15) is 4.79 Å². The number of carbonyl (C=O) groups excluding carboxylic acids is 1. The topological polar surface area (TPSA) is 41.6 Å². The molecule has 22 heavy (non-hydrogen) atoms. The minimum absolute atomic E-state index is 0.207. The second-order valence-corrected chi connectivity index (χ2v) is 6.96. The van der Waals surface area contributed by atoms with Crippen LogP contribution in [0.15, 0.2) is 18.2 Å². The molecule has 1 heterocycles. The van der Waals surface area contributed by atoms with Crippen LogP contribution in [0.4, 0.5) is 4.79 Å². The normalized spacial score (nSPS) is 15.2. The summed E-state index contributed by atoms with van der Waals surface area (Å²) in [5.41, 5.74) is 3.50. The predicted molar refractivity (Wildman–Crippen MR) is 89.0 cm³/mol. The summed E-state index contributed by atoms with van der Waals surface area (Å²) in [6.45, 7) is 8.10. The van der Waals surface area contributed by atoms with Gasteiger partial charge in [-0.25, -0.2) is 4.79 Å². The van der Waals surface area contributed by atoms with Crippen LogP contribution >= 0.6 is 0 Å². The van der Waals surface area contributed by atoms with Gasteiger partial charge in [-0.1, -0.05) is 18.2 Å². The van der Waals surface area contributed by atoms with E-state index in [1.165, 1.54) is 16.7 Å². The molecule has 1 aromatic carbocycles. The molecule has 0 fully saturated rings. The molecule has 1 aliphatic rings. The smallest absolute Gasteiger partial charge is 0.410 e. The summed E-state index contributed by atoms with van der Waals surface area (Å²) in [6.07, 6.45) is 2.82. The Morgan fingerprint density at radius 1 is 1.32 bits per heavy atom. The van der Waals surface area contributed by atoms with Crippen LogP contribution in [-0.2, 0) is 24.1 Å². The molecule has 1 aromatic rings. The third-order valence-electron chi connectivity index (χ3n) is 3.82. The van der Waals surface area contributed by atoms with E-state index in [2.05, 4.69) is 23.5 Å². The summed E-state index contributed by atoms with van der Waals surface area (Å²) < 4.78 is 5.52. The van der Waals surface area contributed by atoms with Crippen molar-refractivity contribution in [3.05, 3.63) is 34.9 Å². The van der Waals surface area contributed by atoms with E-state index in [1.807, 2.05) is 32.7 Å². The number of likely N-dealkylation sites (N-methyl/N-ethyl adjacent to an activating group) is 1. The Bertz CT molecular complexity index is 520. The fourth-order valence-electron chi connectivity index (χ4n) is 2.72. The van der Waals surface area contributed by atoms with Crippen LogP contribution in [0.2, 0.25) is 0 Å². The molecule has 0 radical (unpaired) electrons. The van der Waals surface area contributed by atoms with Crippen LogP contribution in [0.1, 0.15) is 43.9 Å². The van der Waals surface area contributed by atoms with Gasteiger partial charge in [0.05, 0.1) is 0 Å². The van der Waals surface area contributed by atoms with Crippen LogP contribution in [0.5, 0.6) is 0 Å². The van der Waals surface area contributed by atoms with Gasteiger partial charge in [0.15, 0.2) is 0 Å². The third kappa shape index (κ3) is 4.73. The fourth-order valence-corrected chi connectivity index (χ4v) is 2.72. The Labute approximate surface area is 133 Å². The summed E-state index contributed by atoms with van der Waals surface area (Å²) in [7, 11) is 1.97. The number of hydrogen-bond donors (Lipinski definition) is 1. The summed E-state index contributed by atoms with van der Waals surface area (Å²) in [4.78, 5) is 14.2. The quantitative estimate of drug-likeness (QED) is 0.933.